The Bertz CT molecular complexity index is 529. The van der Waals surface area contributed by atoms with Crippen molar-refractivity contribution in [3.8, 4) is 11.9 Å². The third kappa shape index (κ3) is 4.13. The first-order valence-corrected chi connectivity index (χ1v) is 6.98. The van der Waals surface area contributed by atoms with Crippen LogP contribution in [-0.2, 0) is 9.53 Å². The van der Waals surface area contributed by atoms with E-state index in [-0.39, 0.29) is 30.2 Å². The molecule has 1 saturated heterocycles. The van der Waals surface area contributed by atoms with Gasteiger partial charge in [-0.1, -0.05) is 0 Å². The molecule has 0 saturated carbocycles. The van der Waals surface area contributed by atoms with Crippen molar-refractivity contribution in [3.63, 3.8) is 0 Å². The molecule has 1 aliphatic heterocycles. The highest BCUT2D eigenvalue weighted by Crippen LogP contribution is 2.18. The maximum Gasteiger partial charge on any atom is 0.251 e. The van der Waals surface area contributed by atoms with E-state index in [0.29, 0.717) is 19.7 Å². The van der Waals surface area contributed by atoms with Crippen LogP contribution in [0.15, 0.2) is 12.4 Å². The van der Waals surface area contributed by atoms with E-state index < -0.39 is 0 Å². The van der Waals surface area contributed by atoms with Crippen LogP contribution in [0.2, 0.25) is 0 Å². The minimum absolute atomic E-state index is 0.0372. The van der Waals surface area contributed by atoms with Gasteiger partial charge in [-0.25, -0.2) is 9.97 Å². The average molecular weight is 290 g/mol. The molecule has 0 radical (unpaired) electrons. The van der Waals surface area contributed by atoms with Gasteiger partial charge in [0.1, 0.15) is 18.8 Å². The van der Waals surface area contributed by atoms with Gasteiger partial charge in [0.25, 0.3) is 5.88 Å². The fraction of sp³-hybridized carbons (Fsp3) is 0.571. The summed E-state index contributed by atoms with van der Waals surface area (Å²) in [6, 6.07) is 1.95. The van der Waals surface area contributed by atoms with Gasteiger partial charge in [0.2, 0.25) is 11.6 Å². The van der Waals surface area contributed by atoms with Gasteiger partial charge in [-0.15, -0.1) is 0 Å². The highest BCUT2D eigenvalue weighted by atomic mass is 16.5. The molecule has 0 unspecified atom stereocenters. The van der Waals surface area contributed by atoms with Crippen LogP contribution in [0.1, 0.15) is 25.5 Å². The van der Waals surface area contributed by atoms with Crippen LogP contribution in [0, 0.1) is 11.3 Å². The van der Waals surface area contributed by atoms with E-state index in [1.807, 2.05) is 13.0 Å². The summed E-state index contributed by atoms with van der Waals surface area (Å²) in [5.41, 5.74) is 0.162. The summed E-state index contributed by atoms with van der Waals surface area (Å²) in [5, 5.41) is 8.97. The predicted molar refractivity (Wildman–Crippen MR) is 73.5 cm³/mol. The van der Waals surface area contributed by atoms with Crippen LogP contribution in [0.4, 0.5) is 0 Å². The van der Waals surface area contributed by atoms with Gasteiger partial charge in [-0.05, 0) is 19.8 Å². The Kier molecular flexibility index (Phi) is 5.46. The molecule has 2 heterocycles. The van der Waals surface area contributed by atoms with Crippen molar-refractivity contribution in [1.29, 1.82) is 5.26 Å². The van der Waals surface area contributed by atoms with Crippen molar-refractivity contribution in [2.24, 2.45) is 0 Å². The molecule has 1 amide bonds. The Morgan fingerprint density at radius 3 is 3.10 bits per heavy atom. The van der Waals surface area contributed by atoms with E-state index in [2.05, 4.69) is 9.97 Å². The summed E-state index contributed by atoms with van der Waals surface area (Å²) in [6.07, 6.45) is 4.43. The summed E-state index contributed by atoms with van der Waals surface area (Å²) >= 11 is 0. The molecule has 2 rings (SSSR count). The van der Waals surface area contributed by atoms with Crippen LogP contribution in [-0.4, -0.2) is 53.2 Å². The molecule has 21 heavy (non-hydrogen) atoms. The molecule has 1 aromatic rings. The lowest BCUT2D eigenvalue weighted by Crippen LogP contribution is -2.45. The SMILES string of the molecule is CCOCC(=O)N1CCC[C@H](Oc2nccnc2C#N)C1. The molecule has 0 aromatic carbocycles. The number of rotatable bonds is 5. The first-order chi connectivity index (χ1) is 10.2. The number of hydrogen-bond acceptors (Lipinski definition) is 6. The standard InChI is InChI=1S/C14H18N4O3/c1-2-20-10-13(19)18-7-3-4-11(9-18)21-14-12(8-15)16-5-6-17-14/h5-6,11H,2-4,7,9-10H2,1H3/t11-/m0/s1. The number of ether oxygens (including phenoxy) is 2. The second-order valence-electron chi connectivity index (χ2n) is 4.68. The molecule has 112 valence electrons. The van der Waals surface area contributed by atoms with Crippen LogP contribution in [0.3, 0.4) is 0 Å². The van der Waals surface area contributed by atoms with Crippen molar-refractivity contribution in [2.75, 3.05) is 26.3 Å². The minimum atomic E-state index is -0.173. The summed E-state index contributed by atoms with van der Waals surface area (Å²) in [5.74, 6) is 0.189. The van der Waals surface area contributed by atoms with Gasteiger partial charge in [0.15, 0.2) is 0 Å². The first-order valence-electron chi connectivity index (χ1n) is 6.98. The van der Waals surface area contributed by atoms with E-state index in [1.165, 1.54) is 12.4 Å². The number of carbonyl (C=O) groups excluding carboxylic acids is 1. The van der Waals surface area contributed by atoms with Gasteiger partial charge >= 0.3 is 0 Å². The largest absolute Gasteiger partial charge is 0.470 e. The quantitative estimate of drug-likeness (QED) is 0.795. The molecule has 7 heteroatoms. The van der Waals surface area contributed by atoms with Crippen molar-refractivity contribution in [1.82, 2.24) is 14.9 Å². The molecule has 0 N–H and O–H groups in total. The maximum absolute atomic E-state index is 11.9. The van der Waals surface area contributed by atoms with Gasteiger partial charge in [0, 0.05) is 25.5 Å². The summed E-state index contributed by atoms with van der Waals surface area (Å²) in [4.78, 5) is 21.6. The van der Waals surface area contributed by atoms with E-state index in [1.54, 1.807) is 4.90 Å². The second-order valence-corrected chi connectivity index (χ2v) is 4.68. The predicted octanol–water partition coefficient (Wildman–Crippen LogP) is 0.755. The number of piperidine rings is 1. The zero-order valence-corrected chi connectivity index (χ0v) is 12.0. The molecule has 1 aromatic heterocycles. The fourth-order valence-corrected chi connectivity index (χ4v) is 2.19. The fourth-order valence-electron chi connectivity index (χ4n) is 2.19. The van der Waals surface area contributed by atoms with Crippen molar-refractivity contribution in [3.05, 3.63) is 18.1 Å². The highest BCUT2D eigenvalue weighted by Gasteiger charge is 2.25. The van der Waals surface area contributed by atoms with Crippen LogP contribution in [0.5, 0.6) is 5.88 Å². The molecule has 7 nitrogen and oxygen atoms in total. The number of nitriles is 1. The number of nitrogens with zero attached hydrogens (tertiary/aromatic N) is 4. The van der Waals surface area contributed by atoms with E-state index >= 15 is 0 Å². The number of aromatic nitrogens is 2. The van der Waals surface area contributed by atoms with Crippen LogP contribution < -0.4 is 4.74 Å². The lowest BCUT2D eigenvalue weighted by molar-refractivity contribution is -0.138. The maximum atomic E-state index is 11.9. The van der Waals surface area contributed by atoms with Gasteiger partial charge < -0.3 is 14.4 Å². The number of carbonyl (C=O) groups is 1. The Balaban J connectivity index is 1.95. The smallest absolute Gasteiger partial charge is 0.251 e. The molecule has 1 aliphatic rings. The molecular weight excluding hydrogens is 272 g/mol. The monoisotopic (exact) mass is 290 g/mol. The summed E-state index contributed by atoms with van der Waals surface area (Å²) in [6.45, 7) is 3.65. The van der Waals surface area contributed by atoms with Crippen molar-refractivity contribution in [2.45, 2.75) is 25.9 Å². The summed E-state index contributed by atoms with van der Waals surface area (Å²) < 4.78 is 10.9. The number of likely N-dealkylation sites (tertiary alicyclic amines) is 1. The first kappa shape index (κ1) is 15.2. The van der Waals surface area contributed by atoms with Gasteiger partial charge in [0.05, 0.1) is 6.54 Å². The number of amides is 1. The molecule has 0 aliphatic carbocycles. The zero-order chi connectivity index (χ0) is 15.1. The topological polar surface area (TPSA) is 88.3 Å². The van der Waals surface area contributed by atoms with E-state index in [9.17, 15) is 4.79 Å². The lowest BCUT2D eigenvalue weighted by atomic mass is 10.1. The summed E-state index contributed by atoms with van der Waals surface area (Å²) in [7, 11) is 0. The Hall–Kier alpha value is -2.20. The minimum Gasteiger partial charge on any atom is -0.470 e. The van der Waals surface area contributed by atoms with Gasteiger partial charge in [-0.3, -0.25) is 4.79 Å². The van der Waals surface area contributed by atoms with E-state index in [4.69, 9.17) is 14.7 Å². The Morgan fingerprint density at radius 1 is 1.52 bits per heavy atom. The molecular formula is C14H18N4O3. The highest BCUT2D eigenvalue weighted by molar-refractivity contribution is 5.77. The molecule has 0 spiro atoms. The van der Waals surface area contributed by atoms with Crippen LogP contribution in [0.25, 0.3) is 0 Å². The Morgan fingerprint density at radius 2 is 2.33 bits per heavy atom. The number of hydrogen-bond donors (Lipinski definition) is 0. The third-order valence-corrected chi connectivity index (χ3v) is 3.21. The van der Waals surface area contributed by atoms with Crippen LogP contribution >= 0.6 is 0 Å². The second kappa shape index (κ2) is 7.55. The molecule has 1 atom stereocenters. The average Bonchev–Trinajstić information content (AvgIpc) is 2.53. The van der Waals surface area contributed by atoms with Crippen molar-refractivity contribution < 1.29 is 14.3 Å². The van der Waals surface area contributed by atoms with Crippen molar-refractivity contribution >= 4 is 5.91 Å². The third-order valence-electron chi connectivity index (χ3n) is 3.21. The zero-order valence-electron chi connectivity index (χ0n) is 12.0. The van der Waals surface area contributed by atoms with E-state index in [0.717, 1.165) is 12.8 Å². The van der Waals surface area contributed by atoms with Gasteiger partial charge in [-0.2, -0.15) is 5.26 Å². The molecule has 0 bridgehead atoms. The molecule has 1 fully saturated rings. The normalized spacial score (nSPS) is 18.1. The lowest BCUT2D eigenvalue weighted by Gasteiger charge is -2.32. The Labute approximate surface area is 123 Å².